The van der Waals surface area contributed by atoms with Crippen LogP contribution in [0.5, 0.6) is 0 Å². The molecule has 1 aromatic rings. The molecule has 0 radical (unpaired) electrons. The van der Waals surface area contributed by atoms with E-state index in [9.17, 15) is 14.7 Å². The maximum Gasteiger partial charge on any atom is 0.332 e. The number of carbonyl (C=O) groups is 2. The van der Waals surface area contributed by atoms with Crippen LogP contribution in [0, 0.1) is 11.8 Å². The Balaban J connectivity index is 1.75. The Kier molecular flexibility index (Phi) is 5.70. The number of benzene rings is 1. The van der Waals surface area contributed by atoms with Gasteiger partial charge in [-0.05, 0) is 42.9 Å². The predicted molar refractivity (Wildman–Crippen MR) is 98.7 cm³/mol. The number of likely N-dealkylation sites (tertiary alicyclic amines) is 1. The highest BCUT2D eigenvalue weighted by atomic mass is 35.5. The normalized spacial score (nSPS) is 23.4. The van der Waals surface area contributed by atoms with E-state index < -0.39 is 5.97 Å². The highest BCUT2D eigenvalue weighted by molar-refractivity contribution is 6.37. The van der Waals surface area contributed by atoms with Crippen molar-refractivity contribution in [2.45, 2.75) is 32.1 Å². The van der Waals surface area contributed by atoms with E-state index in [1.807, 2.05) is 4.90 Å². The number of amides is 1. The molecule has 1 saturated carbocycles. The minimum absolute atomic E-state index is 0.00914. The molecular weight excluding hydrogens is 361 g/mol. The largest absolute Gasteiger partial charge is 0.478 e. The Morgan fingerprint density at radius 3 is 2.20 bits per heavy atom. The lowest BCUT2D eigenvalue weighted by Crippen LogP contribution is -2.29. The van der Waals surface area contributed by atoms with Gasteiger partial charge in [-0.15, -0.1) is 0 Å². The summed E-state index contributed by atoms with van der Waals surface area (Å²) in [5.74, 6) is -0.104. The summed E-state index contributed by atoms with van der Waals surface area (Å²) in [5.41, 5.74) is 0.445. The molecule has 0 spiro atoms. The molecule has 1 aromatic carbocycles. The summed E-state index contributed by atoms with van der Waals surface area (Å²) < 4.78 is 0. The number of fused-ring (bicyclic) bond motifs is 1. The lowest BCUT2D eigenvalue weighted by molar-refractivity contribution is -0.136. The quantitative estimate of drug-likeness (QED) is 0.780. The second-order valence-electron chi connectivity index (χ2n) is 6.89. The van der Waals surface area contributed by atoms with E-state index in [4.69, 9.17) is 23.2 Å². The molecule has 1 aliphatic carbocycles. The van der Waals surface area contributed by atoms with Gasteiger partial charge in [0, 0.05) is 34.3 Å². The zero-order valence-corrected chi connectivity index (χ0v) is 15.4. The molecule has 1 N–H and O–H groups in total. The van der Waals surface area contributed by atoms with Gasteiger partial charge in [0.05, 0.1) is 6.42 Å². The second kappa shape index (κ2) is 7.79. The molecule has 1 aliphatic heterocycles. The Bertz CT molecular complexity index is 682. The van der Waals surface area contributed by atoms with Crippen LogP contribution in [0.3, 0.4) is 0 Å². The predicted octanol–water partition coefficient (Wildman–Crippen LogP) is 4.50. The van der Waals surface area contributed by atoms with Crippen molar-refractivity contribution in [2.24, 2.45) is 11.8 Å². The molecular formula is C19H21Cl2NO3. The summed E-state index contributed by atoms with van der Waals surface area (Å²) in [5, 5.41) is 10.2. The van der Waals surface area contributed by atoms with Gasteiger partial charge in [-0.2, -0.15) is 0 Å². The molecule has 0 bridgehead atoms. The number of nitrogens with zero attached hydrogens (tertiary/aromatic N) is 1. The van der Waals surface area contributed by atoms with Crippen LogP contribution in [0.1, 0.15) is 37.7 Å². The first-order chi connectivity index (χ1) is 12.0. The van der Waals surface area contributed by atoms with Gasteiger partial charge in [-0.1, -0.05) is 42.1 Å². The monoisotopic (exact) mass is 381 g/mol. The molecule has 3 rings (SSSR count). The minimum atomic E-state index is -1.12. The topological polar surface area (TPSA) is 57.6 Å². The van der Waals surface area contributed by atoms with Gasteiger partial charge in [0.25, 0.3) is 0 Å². The molecule has 2 fully saturated rings. The zero-order valence-electron chi connectivity index (χ0n) is 13.9. The van der Waals surface area contributed by atoms with Crippen LogP contribution in [-0.2, 0) is 9.59 Å². The molecule has 0 aromatic heterocycles. The fourth-order valence-corrected chi connectivity index (χ4v) is 4.40. The molecule has 25 heavy (non-hydrogen) atoms. The molecule has 4 nitrogen and oxygen atoms in total. The summed E-state index contributed by atoms with van der Waals surface area (Å²) in [6.07, 6.45) is 6.07. The Hall–Kier alpha value is -1.52. The van der Waals surface area contributed by atoms with Crippen molar-refractivity contribution in [1.82, 2.24) is 4.90 Å². The van der Waals surface area contributed by atoms with E-state index in [2.05, 4.69) is 0 Å². The lowest BCUT2D eigenvalue weighted by atomic mass is 9.82. The highest BCUT2D eigenvalue weighted by Gasteiger charge is 2.36. The van der Waals surface area contributed by atoms with E-state index in [0.717, 1.165) is 13.1 Å². The Morgan fingerprint density at radius 1 is 1.12 bits per heavy atom. The van der Waals surface area contributed by atoms with Gasteiger partial charge in [-0.3, -0.25) is 4.79 Å². The number of carboxylic acid groups (broad SMARTS) is 1. The fourth-order valence-electron chi connectivity index (χ4n) is 3.90. The van der Waals surface area contributed by atoms with Crippen molar-refractivity contribution in [3.8, 4) is 0 Å². The number of rotatable bonds is 4. The van der Waals surface area contributed by atoms with E-state index in [0.29, 0.717) is 27.4 Å². The summed E-state index contributed by atoms with van der Waals surface area (Å²) in [4.78, 5) is 26.0. The fraction of sp³-hybridized carbons (Fsp3) is 0.474. The van der Waals surface area contributed by atoms with Crippen LogP contribution < -0.4 is 0 Å². The average molecular weight is 382 g/mol. The van der Waals surface area contributed by atoms with Gasteiger partial charge >= 0.3 is 5.97 Å². The van der Waals surface area contributed by atoms with Crippen molar-refractivity contribution in [2.75, 3.05) is 13.1 Å². The maximum atomic E-state index is 12.6. The Morgan fingerprint density at radius 2 is 1.68 bits per heavy atom. The van der Waals surface area contributed by atoms with Crippen LogP contribution in [0.2, 0.25) is 10.0 Å². The number of hydrogen-bond acceptors (Lipinski definition) is 2. The first-order valence-electron chi connectivity index (χ1n) is 8.61. The lowest BCUT2D eigenvalue weighted by Gasteiger charge is -2.22. The van der Waals surface area contributed by atoms with E-state index in [1.165, 1.54) is 31.8 Å². The third-order valence-electron chi connectivity index (χ3n) is 5.26. The molecule has 6 heteroatoms. The van der Waals surface area contributed by atoms with Crippen molar-refractivity contribution < 1.29 is 14.7 Å². The zero-order chi connectivity index (χ0) is 18.0. The summed E-state index contributed by atoms with van der Waals surface area (Å²) in [6.45, 7) is 1.51. The second-order valence-corrected chi connectivity index (χ2v) is 7.70. The van der Waals surface area contributed by atoms with E-state index in [1.54, 1.807) is 18.2 Å². The smallest absolute Gasteiger partial charge is 0.332 e. The Labute approximate surface area is 157 Å². The minimum Gasteiger partial charge on any atom is -0.478 e. The molecule has 1 heterocycles. The molecule has 2 aliphatic rings. The van der Waals surface area contributed by atoms with E-state index >= 15 is 0 Å². The van der Waals surface area contributed by atoms with Crippen molar-refractivity contribution >= 4 is 41.2 Å². The molecule has 134 valence electrons. The van der Waals surface area contributed by atoms with Gasteiger partial charge in [0.2, 0.25) is 5.91 Å². The molecule has 2 atom stereocenters. The summed E-state index contributed by atoms with van der Waals surface area (Å²) >= 11 is 12.2. The van der Waals surface area contributed by atoms with Crippen LogP contribution in [0.25, 0.3) is 6.08 Å². The van der Waals surface area contributed by atoms with Crippen LogP contribution in [-0.4, -0.2) is 35.0 Å². The average Bonchev–Trinajstić information content (AvgIpc) is 3.01. The summed E-state index contributed by atoms with van der Waals surface area (Å²) in [6, 6.07) is 4.98. The third-order valence-corrected chi connectivity index (χ3v) is 5.92. The van der Waals surface area contributed by atoms with Gasteiger partial charge in [0.15, 0.2) is 0 Å². The van der Waals surface area contributed by atoms with Crippen LogP contribution in [0.15, 0.2) is 23.8 Å². The number of hydrogen-bond donors (Lipinski definition) is 1. The first-order valence-corrected chi connectivity index (χ1v) is 9.37. The SMILES string of the molecule is O=C(O)C(=Cc1c(Cl)cccc1Cl)CC(=O)N1CC2CCCCC2C1. The molecule has 2 unspecified atom stereocenters. The first kappa shape index (κ1) is 18.3. The highest BCUT2D eigenvalue weighted by Crippen LogP contribution is 2.36. The van der Waals surface area contributed by atoms with Crippen molar-refractivity contribution in [1.29, 1.82) is 0 Å². The standard InChI is InChI=1S/C19H21Cl2NO3/c20-16-6-3-7-17(21)15(16)8-14(19(24)25)9-18(23)22-10-12-4-1-2-5-13(12)11-22/h3,6-8,12-13H,1-2,4-5,9-11H2,(H,24,25). The van der Waals surface area contributed by atoms with Crippen molar-refractivity contribution in [3.63, 3.8) is 0 Å². The van der Waals surface area contributed by atoms with E-state index in [-0.39, 0.29) is 17.9 Å². The molecule has 1 amide bonds. The van der Waals surface area contributed by atoms with Gasteiger partial charge in [-0.25, -0.2) is 4.79 Å². The number of aliphatic carboxylic acids is 1. The van der Waals surface area contributed by atoms with Crippen LogP contribution >= 0.6 is 23.2 Å². The number of carbonyl (C=O) groups excluding carboxylic acids is 1. The number of carboxylic acids is 1. The summed E-state index contributed by atoms with van der Waals surface area (Å²) in [7, 11) is 0. The number of halogens is 2. The van der Waals surface area contributed by atoms with Crippen molar-refractivity contribution in [3.05, 3.63) is 39.4 Å². The molecule has 1 saturated heterocycles. The van der Waals surface area contributed by atoms with Gasteiger partial charge in [0.1, 0.15) is 0 Å². The van der Waals surface area contributed by atoms with Gasteiger partial charge < -0.3 is 10.0 Å². The van der Waals surface area contributed by atoms with Crippen LogP contribution in [0.4, 0.5) is 0 Å². The maximum absolute atomic E-state index is 12.6. The third kappa shape index (κ3) is 4.18.